The van der Waals surface area contributed by atoms with Crippen LogP contribution in [0.15, 0.2) is 52.3 Å². The maximum absolute atomic E-state index is 15.2. The first-order valence-corrected chi connectivity index (χ1v) is 16.1. The van der Waals surface area contributed by atoms with E-state index in [9.17, 15) is 25.6 Å². The van der Waals surface area contributed by atoms with Gasteiger partial charge in [0.15, 0.2) is 9.84 Å². The van der Waals surface area contributed by atoms with Gasteiger partial charge in [0, 0.05) is 59.7 Å². The second-order valence-corrected chi connectivity index (χ2v) is 15.1. The largest absolute Gasteiger partial charge is 0.369 e. The number of hydrogen-bond donors (Lipinski definition) is 0. The summed E-state index contributed by atoms with van der Waals surface area (Å²) < 4.78 is 95.0. The summed E-state index contributed by atoms with van der Waals surface area (Å²) in [5.41, 5.74) is 0.605. The molecule has 0 N–H and O–H groups in total. The fourth-order valence-electron chi connectivity index (χ4n) is 5.34. The summed E-state index contributed by atoms with van der Waals surface area (Å²) in [7, 11) is -4.89. The molecule has 1 unspecified atom stereocenters. The zero-order valence-corrected chi connectivity index (χ0v) is 24.1. The number of likely N-dealkylation sites (tertiary alicyclic amines) is 1. The van der Waals surface area contributed by atoms with Crippen LogP contribution in [0.3, 0.4) is 0 Å². The van der Waals surface area contributed by atoms with Crippen LogP contribution in [0.1, 0.15) is 43.4 Å². The third kappa shape index (κ3) is 6.44. The van der Waals surface area contributed by atoms with Gasteiger partial charge in [0.2, 0.25) is 10.0 Å². The molecule has 2 fully saturated rings. The standard InChI is InChI=1S/C27H36F3N3O4S2/c1-20(38(34,35)22-7-9-23(10-8-22)39(36,37)31(2)3)24-5-4-6-25(28)26(24)33-15-11-21(12-16-33)19-32-17-13-27(29,30)14-18-32/h4-10,20-21H,11-19H2,1-3H3. The van der Waals surface area contributed by atoms with E-state index in [1.54, 1.807) is 6.07 Å². The van der Waals surface area contributed by atoms with Crippen LogP contribution < -0.4 is 4.90 Å². The Bertz CT molecular complexity index is 1370. The summed E-state index contributed by atoms with van der Waals surface area (Å²) in [5.74, 6) is -2.77. The van der Waals surface area contributed by atoms with Gasteiger partial charge in [0.25, 0.3) is 5.92 Å². The zero-order valence-electron chi connectivity index (χ0n) is 22.5. The van der Waals surface area contributed by atoms with Gasteiger partial charge in [0.1, 0.15) is 5.82 Å². The number of nitrogens with zero attached hydrogens (tertiary/aromatic N) is 3. The first-order chi connectivity index (χ1) is 18.2. The van der Waals surface area contributed by atoms with Crippen LogP contribution in [0, 0.1) is 11.7 Å². The number of alkyl halides is 2. The van der Waals surface area contributed by atoms with Gasteiger partial charge in [0.05, 0.1) is 20.7 Å². The van der Waals surface area contributed by atoms with Crippen molar-refractivity contribution in [2.24, 2.45) is 5.92 Å². The van der Waals surface area contributed by atoms with Crippen molar-refractivity contribution in [1.29, 1.82) is 0 Å². The molecular formula is C27H36F3N3O4S2. The summed E-state index contributed by atoms with van der Waals surface area (Å²) >= 11 is 0. The van der Waals surface area contributed by atoms with E-state index in [0.717, 1.165) is 23.7 Å². The van der Waals surface area contributed by atoms with Gasteiger partial charge in [-0.3, -0.25) is 0 Å². The second kappa shape index (κ2) is 11.4. The second-order valence-electron chi connectivity index (χ2n) is 10.7. The Morgan fingerprint density at radius 1 is 0.923 bits per heavy atom. The van der Waals surface area contributed by atoms with Crippen molar-refractivity contribution in [3.8, 4) is 0 Å². The van der Waals surface area contributed by atoms with Crippen LogP contribution in [0.4, 0.5) is 18.9 Å². The van der Waals surface area contributed by atoms with Gasteiger partial charge in [-0.05, 0) is 61.6 Å². The first-order valence-electron chi connectivity index (χ1n) is 13.1. The Morgan fingerprint density at radius 2 is 1.49 bits per heavy atom. The lowest BCUT2D eigenvalue weighted by Crippen LogP contribution is -2.44. The number of benzene rings is 2. The Balaban J connectivity index is 1.49. The van der Waals surface area contributed by atoms with Crippen LogP contribution in [0.25, 0.3) is 0 Å². The van der Waals surface area contributed by atoms with Crippen molar-refractivity contribution in [2.45, 2.75) is 53.6 Å². The number of hydrogen-bond acceptors (Lipinski definition) is 6. The van der Waals surface area contributed by atoms with Crippen molar-refractivity contribution < 1.29 is 30.0 Å². The molecule has 0 bridgehead atoms. The Kier molecular flexibility index (Phi) is 8.70. The van der Waals surface area contributed by atoms with Gasteiger partial charge >= 0.3 is 0 Å². The van der Waals surface area contributed by atoms with Gasteiger partial charge < -0.3 is 9.80 Å². The maximum Gasteiger partial charge on any atom is 0.250 e. The summed E-state index contributed by atoms with van der Waals surface area (Å²) in [6, 6.07) is 9.48. The van der Waals surface area contributed by atoms with E-state index in [-0.39, 0.29) is 28.3 Å². The minimum absolute atomic E-state index is 0.0216. The minimum atomic E-state index is -3.96. The number of para-hydroxylation sites is 1. The summed E-state index contributed by atoms with van der Waals surface area (Å²) in [4.78, 5) is 3.89. The lowest BCUT2D eigenvalue weighted by Gasteiger charge is -2.39. The number of sulfone groups is 1. The molecule has 1 atom stereocenters. The smallest absolute Gasteiger partial charge is 0.250 e. The average molecular weight is 588 g/mol. The molecule has 4 rings (SSSR count). The van der Waals surface area contributed by atoms with E-state index in [0.29, 0.717) is 37.7 Å². The number of halogens is 3. The predicted molar refractivity (Wildman–Crippen MR) is 145 cm³/mol. The topological polar surface area (TPSA) is 78.0 Å². The Morgan fingerprint density at radius 3 is 2.05 bits per heavy atom. The van der Waals surface area contributed by atoms with E-state index in [1.165, 1.54) is 57.4 Å². The van der Waals surface area contributed by atoms with Crippen LogP contribution >= 0.6 is 0 Å². The molecule has 2 aliphatic rings. The van der Waals surface area contributed by atoms with Crippen molar-refractivity contribution in [2.75, 3.05) is 51.7 Å². The van der Waals surface area contributed by atoms with Crippen LogP contribution in [-0.4, -0.2) is 78.8 Å². The molecule has 2 heterocycles. The highest BCUT2D eigenvalue weighted by molar-refractivity contribution is 7.91. The number of rotatable bonds is 8. The number of anilines is 1. The Labute approximate surface area is 229 Å². The quantitative estimate of drug-likeness (QED) is 0.451. The predicted octanol–water partition coefficient (Wildman–Crippen LogP) is 4.56. The highest BCUT2D eigenvalue weighted by Crippen LogP contribution is 2.38. The van der Waals surface area contributed by atoms with Crippen LogP contribution in [0.2, 0.25) is 0 Å². The fraction of sp³-hybridized carbons (Fsp3) is 0.556. The number of sulfonamides is 1. The SMILES string of the molecule is CC(c1cccc(F)c1N1CCC(CN2CCC(F)(F)CC2)CC1)S(=O)(=O)c1ccc(S(=O)(=O)N(C)C)cc1. The first kappa shape index (κ1) is 29.8. The molecule has 7 nitrogen and oxygen atoms in total. The summed E-state index contributed by atoms with van der Waals surface area (Å²) in [6.45, 7) is 4.07. The maximum atomic E-state index is 15.2. The molecule has 0 aliphatic carbocycles. The molecule has 0 radical (unpaired) electrons. The molecule has 0 spiro atoms. The van der Waals surface area contributed by atoms with Crippen molar-refractivity contribution in [3.05, 3.63) is 53.8 Å². The molecule has 2 saturated heterocycles. The van der Waals surface area contributed by atoms with Gasteiger partial charge in [-0.2, -0.15) is 0 Å². The summed E-state index contributed by atoms with van der Waals surface area (Å²) in [5, 5.41) is -1.08. The van der Waals surface area contributed by atoms with Crippen LogP contribution in [0.5, 0.6) is 0 Å². The zero-order chi connectivity index (χ0) is 28.6. The molecule has 2 aromatic carbocycles. The van der Waals surface area contributed by atoms with E-state index in [2.05, 4.69) is 4.90 Å². The minimum Gasteiger partial charge on any atom is -0.369 e. The van der Waals surface area contributed by atoms with Crippen molar-refractivity contribution in [1.82, 2.24) is 9.21 Å². The molecule has 2 aromatic rings. The molecule has 0 aromatic heterocycles. The molecule has 2 aliphatic heterocycles. The number of piperidine rings is 2. The molecule has 12 heteroatoms. The van der Waals surface area contributed by atoms with Crippen molar-refractivity contribution in [3.63, 3.8) is 0 Å². The third-order valence-corrected chi connectivity index (χ3v) is 11.8. The molecule has 39 heavy (non-hydrogen) atoms. The van der Waals surface area contributed by atoms with E-state index < -0.39 is 36.9 Å². The van der Waals surface area contributed by atoms with Crippen LogP contribution in [-0.2, 0) is 19.9 Å². The fourth-order valence-corrected chi connectivity index (χ4v) is 7.69. The van der Waals surface area contributed by atoms with E-state index in [1.807, 2.05) is 4.90 Å². The lowest BCUT2D eigenvalue weighted by atomic mass is 9.94. The molecule has 0 amide bonds. The lowest BCUT2D eigenvalue weighted by molar-refractivity contribution is -0.0577. The highest BCUT2D eigenvalue weighted by Gasteiger charge is 2.36. The Hall–Kier alpha value is -2.15. The molecular weight excluding hydrogens is 551 g/mol. The van der Waals surface area contributed by atoms with E-state index >= 15 is 4.39 Å². The normalized spacial score (nSPS) is 20.3. The van der Waals surface area contributed by atoms with Crippen molar-refractivity contribution >= 4 is 25.5 Å². The highest BCUT2D eigenvalue weighted by atomic mass is 32.2. The van der Waals surface area contributed by atoms with E-state index in [4.69, 9.17) is 0 Å². The summed E-state index contributed by atoms with van der Waals surface area (Å²) in [6.07, 6.45) is 1.27. The van der Waals surface area contributed by atoms with Gasteiger partial charge in [-0.1, -0.05) is 12.1 Å². The molecule has 0 saturated carbocycles. The third-order valence-electron chi connectivity index (χ3n) is 7.89. The molecule has 216 valence electrons. The monoisotopic (exact) mass is 587 g/mol. The van der Waals surface area contributed by atoms with Gasteiger partial charge in [-0.25, -0.2) is 34.3 Å². The average Bonchev–Trinajstić information content (AvgIpc) is 2.90. The van der Waals surface area contributed by atoms with Gasteiger partial charge in [-0.15, -0.1) is 0 Å².